The molecule has 1 aromatic heterocycles. The SMILES string of the molecule is Cc1cc(S(=O)Nc2ncc(F)s2)c(F)cc1NCCCCNCC1(O)CNC1. The predicted molar refractivity (Wildman–Crippen MR) is 112 cm³/mol. The number of unbranched alkanes of at least 4 members (excludes halogenated alkanes) is 1. The molecular weight excluding hydrogens is 420 g/mol. The molecule has 1 aliphatic rings. The van der Waals surface area contributed by atoms with Gasteiger partial charge in [0.05, 0.1) is 11.1 Å². The second kappa shape index (κ2) is 9.90. The Morgan fingerprint density at radius 2 is 2.07 bits per heavy atom. The molecule has 2 heterocycles. The van der Waals surface area contributed by atoms with Gasteiger partial charge in [0.15, 0.2) is 21.2 Å². The van der Waals surface area contributed by atoms with Crippen molar-refractivity contribution in [3.8, 4) is 0 Å². The number of halogens is 2. The Morgan fingerprint density at radius 3 is 2.72 bits per heavy atom. The zero-order chi connectivity index (χ0) is 20.9. The fraction of sp³-hybridized carbons (Fsp3) is 0.500. The van der Waals surface area contributed by atoms with Crippen LogP contribution in [0.1, 0.15) is 18.4 Å². The van der Waals surface area contributed by atoms with Crippen LogP contribution in [0.4, 0.5) is 19.6 Å². The molecule has 1 fully saturated rings. The summed E-state index contributed by atoms with van der Waals surface area (Å²) in [6.45, 7) is 5.12. The molecule has 0 radical (unpaired) electrons. The highest BCUT2D eigenvalue weighted by Crippen LogP contribution is 2.24. The van der Waals surface area contributed by atoms with Gasteiger partial charge in [-0.2, -0.15) is 4.39 Å². The molecule has 29 heavy (non-hydrogen) atoms. The van der Waals surface area contributed by atoms with Crippen molar-refractivity contribution in [2.45, 2.75) is 30.3 Å². The number of aliphatic hydroxyl groups is 1. The van der Waals surface area contributed by atoms with Gasteiger partial charge in [-0.1, -0.05) is 11.3 Å². The van der Waals surface area contributed by atoms with Gasteiger partial charge in [-0.3, -0.25) is 4.72 Å². The number of rotatable bonds is 11. The smallest absolute Gasteiger partial charge is 0.198 e. The van der Waals surface area contributed by atoms with Gasteiger partial charge in [-0.15, -0.1) is 0 Å². The second-order valence-corrected chi connectivity index (χ2v) is 9.24. The van der Waals surface area contributed by atoms with Gasteiger partial charge in [0.25, 0.3) is 0 Å². The van der Waals surface area contributed by atoms with E-state index in [-0.39, 0.29) is 10.0 Å². The van der Waals surface area contributed by atoms with Crippen molar-refractivity contribution in [3.05, 3.63) is 34.8 Å². The van der Waals surface area contributed by atoms with Crippen molar-refractivity contribution in [3.63, 3.8) is 0 Å². The number of nitrogens with zero attached hydrogens (tertiary/aromatic N) is 1. The van der Waals surface area contributed by atoms with E-state index in [0.29, 0.717) is 43.2 Å². The predicted octanol–water partition coefficient (Wildman–Crippen LogP) is 1.98. The van der Waals surface area contributed by atoms with Crippen LogP contribution in [0.25, 0.3) is 0 Å². The van der Waals surface area contributed by atoms with Crippen molar-refractivity contribution >= 4 is 33.1 Å². The van der Waals surface area contributed by atoms with Crippen LogP contribution >= 0.6 is 11.3 Å². The lowest BCUT2D eigenvalue weighted by Gasteiger charge is -2.37. The number of aryl methyl sites for hydroxylation is 1. The molecular formula is C18H25F2N5O2S2. The minimum atomic E-state index is -1.87. The minimum absolute atomic E-state index is 0.00345. The van der Waals surface area contributed by atoms with Crippen molar-refractivity contribution in [1.82, 2.24) is 15.6 Å². The van der Waals surface area contributed by atoms with E-state index < -0.39 is 27.5 Å². The first-order valence-corrected chi connectivity index (χ1v) is 11.3. The molecule has 0 saturated carbocycles. The summed E-state index contributed by atoms with van der Waals surface area (Å²) in [6, 6.07) is 2.84. The number of hydrogen-bond acceptors (Lipinski definition) is 7. The quantitative estimate of drug-likeness (QED) is 0.339. The molecule has 7 nitrogen and oxygen atoms in total. The number of benzene rings is 1. The summed E-state index contributed by atoms with van der Waals surface area (Å²) < 4.78 is 42.2. The first-order valence-electron chi connectivity index (χ1n) is 9.34. The zero-order valence-electron chi connectivity index (χ0n) is 16.1. The largest absolute Gasteiger partial charge is 0.386 e. The topological polar surface area (TPSA) is 98.3 Å². The molecule has 11 heteroatoms. The maximum absolute atomic E-state index is 14.4. The lowest BCUT2D eigenvalue weighted by Crippen LogP contribution is -2.64. The molecule has 0 spiro atoms. The van der Waals surface area contributed by atoms with E-state index in [0.717, 1.165) is 31.1 Å². The summed E-state index contributed by atoms with van der Waals surface area (Å²) in [5, 5.41) is 19.1. The fourth-order valence-corrected chi connectivity index (χ4v) is 4.51. The van der Waals surface area contributed by atoms with Gasteiger partial charge >= 0.3 is 0 Å². The monoisotopic (exact) mass is 445 g/mol. The molecule has 0 amide bonds. The standard InChI is InChI=1S/C18H25F2N5O2S2/c1-12-6-15(29(27)25-17-24-8-16(20)28-17)13(19)7-14(12)23-5-3-2-4-21-9-18(26)10-22-11-18/h6-8,21-23,26H,2-5,9-11H2,1H3,(H,24,25). The lowest BCUT2D eigenvalue weighted by molar-refractivity contribution is -0.00822. The molecule has 0 bridgehead atoms. The molecule has 160 valence electrons. The first kappa shape index (κ1) is 22.0. The summed E-state index contributed by atoms with van der Waals surface area (Å²) >= 11 is 0.710. The summed E-state index contributed by atoms with van der Waals surface area (Å²) in [6.07, 6.45) is 2.82. The Kier molecular flexibility index (Phi) is 7.52. The van der Waals surface area contributed by atoms with Crippen LogP contribution in [0.5, 0.6) is 0 Å². The van der Waals surface area contributed by atoms with Crippen molar-refractivity contribution in [2.24, 2.45) is 0 Å². The van der Waals surface area contributed by atoms with E-state index in [4.69, 9.17) is 0 Å². The average Bonchev–Trinajstić information content (AvgIpc) is 3.06. The van der Waals surface area contributed by atoms with E-state index in [1.165, 1.54) is 12.1 Å². The molecule has 0 aliphatic carbocycles. The van der Waals surface area contributed by atoms with Crippen molar-refractivity contribution in [1.29, 1.82) is 0 Å². The number of β-amino-alcohol motifs (C(OH)–C–C–N with tert-alkyl or cyclic N) is 1. The summed E-state index contributed by atoms with van der Waals surface area (Å²) in [5.74, 6) is -0.607. The van der Waals surface area contributed by atoms with E-state index in [2.05, 4.69) is 25.7 Å². The Bertz CT molecular complexity index is 861. The van der Waals surface area contributed by atoms with Crippen LogP contribution in [0.15, 0.2) is 23.2 Å². The van der Waals surface area contributed by atoms with Gasteiger partial charge in [0.1, 0.15) is 11.4 Å². The van der Waals surface area contributed by atoms with Gasteiger partial charge in [0, 0.05) is 31.9 Å². The molecule has 5 N–H and O–H groups in total. The summed E-state index contributed by atoms with van der Waals surface area (Å²) in [7, 11) is -1.87. The molecule has 3 rings (SSSR count). The van der Waals surface area contributed by atoms with Crippen LogP contribution in [0.2, 0.25) is 0 Å². The third-order valence-corrected chi connectivity index (χ3v) is 6.52. The fourth-order valence-electron chi connectivity index (χ4n) is 2.88. The normalized spacial score (nSPS) is 16.3. The maximum Gasteiger partial charge on any atom is 0.198 e. The van der Waals surface area contributed by atoms with E-state index in [1.54, 1.807) is 6.92 Å². The maximum atomic E-state index is 14.4. The van der Waals surface area contributed by atoms with Crippen molar-refractivity contribution in [2.75, 3.05) is 42.8 Å². The highest BCUT2D eigenvalue weighted by molar-refractivity contribution is 7.86. The minimum Gasteiger partial charge on any atom is -0.386 e. The molecule has 2 aromatic rings. The molecule has 1 atom stereocenters. The van der Waals surface area contributed by atoms with Crippen LogP contribution in [-0.2, 0) is 11.0 Å². The highest BCUT2D eigenvalue weighted by Gasteiger charge is 2.33. The van der Waals surface area contributed by atoms with Gasteiger partial charge < -0.3 is 21.1 Å². The Balaban J connectivity index is 1.43. The lowest BCUT2D eigenvalue weighted by atomic mass is 9.97. The van der Waals surface area contributed by atoms with Gasteiger partial charge in [-0.05, 0) is 44.0 Å². The van der Waals surface area contributed by atoms with Crippen LogP contribution < -0.4 is 20.7 Å². The van der Waals surface area contributed by atoms with Gasteiger partial charge in [-0.25, -0.2) is 13.6 Å². The van der Waals surface area contributed by atoms with E-state index >= 15 is 0 Å². The second-order valence-electron chi connectivity index (χ2n) is 7.08. The Labute approximate surface area is 174 Å². The molecule has 1 aliphatic heterocycles. The van der Waals surface area contributed by atoms with Crippen LogP contribution in [0, 0.1) is 17.9 Å². The number of thiazole rings is 1. The van der Waals surface area contributed by atoms with Crippen LogP contribution in [-0.4, -0.2) is 52.6 Å². The highest BCUT2D eigenvalue weighted by atomic mass is 32.2. The third-order valence-electron chi connectivity index (χ3n) is 4.59. The van der Waals surface area contributed by atoms with Crippen LogP contribution in [0.3, 0.4) is 0 Å². The number of hydrogen-bond donors (Lipinski definition) is 5. The Morgan fingerprint density at radius 1 is 1.31 bits per heavy atom. The third kappa shape index (κ3) is 6.16. The zero-order valence-corrected chi connectivity index (χ0v) is 17.7. The molecule has 1 aromatic carbocycles. The number of aromatic nitrogens is 1. The molecule has 1 saturated heterocycles. The molecule has 1 unspecified atom stereocenters. The van der Waals surface area contributed by atoms with E-state index in [9.17, 15) is 18.1 Å². The Hall–Kier alpha value is -1.66. The van der Waals surface area contributed by atoms with Crippen molar-refractivity contribution < 1.29 is 18.1 Å². The number of nitrogens with one attached hydrogen (secondary N) is 4. The first-order chi connectivity index (χ1) is 13.9. The summed E-state index contributed by atoms with van der Waals surface area (Å²) in [4.78, 5) is 3.72. The van der Waals surface area contributed by atoms with E-state index in [1.807, 2.05) is 0 Å². The average molecular weight is 446 g/mol. The van der Waals surface area contributed by atoms with Gasteiger partial charge in [0.2, 0.25) is 0 Å². The summed E-state index contributed by atoms with van der Waals surface area (Å²) in [5.41, 5.74) is 0.795. The number of anilines is 2.